The molecule has 0 spiro atoms. The summed E-state index contributed by atoms with van der Waals surface area (Å²) in [5, 5.41) is 2.76. The molecule has 0 bridgehead atoms. The highest BCUT2D eigenvalue weighted by molar-refractivity contribution is 7.07. The second kappa shape index (κ2) is 6.21. The summed E-state index contributed by atoms with van der Waals surface area (Å²) in [6.45, 7) is -0.362. The highest BCUT2D eigenvalue weighted by Crippen LogP contribution is 2.25. The minimum Gasteiger partial charge on any atom is -0.454 e. The van der Waals surface area contributed by atoms with E-state index in [1.807, 2.05) is 0 Å². The zero-order valence-electron chi connectivity index (χ0n) is 11.2. The lowest BCUT2D eigenvalue weighted by Gasteiger charge is -2.07. The zero-order valence-corrected chi connectivity index (χ0v) is 12.7. The van der Waals surface area contributed by atoms with Crippen LogP contribution in [0, 0.1) is 0 Å². The van der Waals surface area contributed by atoms with Gasteiger partial charge in [0.15, 0.2) is 6.61 Å². The van der Waals surface area contributed by atoms with Crippen LogP contribution in [0.2, 0.25) is 5.02 Å². The van der Waals surface area contributed by atoms with E-state index in [0.29, 0.717) is 15.9 Å². The van der Waals surface area contributed by atoms with Crippen LogP contribution in [0.25, 0.3) is 10.9 Å². The SMILES string of the molecule is O=C(COC(=O)c1ccc(Cl)c2cccnc12)c1cscn1. The first-order valence-electron chi connectivity index (χ1n) is 6.28. The van der Waals surface area contributed by atoms with Gasteiger partial charge in [0.05, 0.1) is 21.6 Å². The van der Waals surface area contributed by atoms with Gasteiger partial charge >= 0.3 is 5.97 Å². The Labute approximate surface area is 134 Å². The predicted molar refractivity (Wildman–Crippen MR) is 83.5 cm³/mol. The summed E-state index contributed by atoms with van der Waals surface area (Å²) in [7, 11) is 0. The number of aromatic nitrogens is 2. The molecule has 0 fully saturated rings. The Balaban J connectivity index is 1.81. The quantitative estimate of drug-likeness (QED) is 0.541. The van der Waals surface area contributed by atoms with Crippen LogP contribution >= 0.6 is 22.9 Å². The number of carbonyl (C=O) groups is 2. The lowest BCUT2D eigenvalue weighted by molar-refractivity contribution is 0.0475. The highest BCUT2D eigenvalue weighted by atomic mass is 35.5. The molecule has 110 valence electrons. The van der Waals surface area contributed by atoms with Gasteiger partial charge in [-0.1, -0.05) is 11.6 Å². The molecule has 5 nitrogen and oxygen atoms in total. The van der Waals surface area contributed by atoms with Crippen LogP contribution in [0.15, 0.2) is 41.4 Å². The van der Waals surface area contributed by atoms with Crippen molar-refractivity contribution in [3.05, 3.63) is 57.6 Å². The van der Waals surface area contributed by atoms with Crippen LogP contribution in [0.5, 0.6) is 0 Å². The zero-order chi connectivity index (χ0) is 15.5. The van der Waals surface area contributed by atoms with Gasteiger partial charge in [-0.2, -0.15) is 0 Å². The van der Waals surface area contributed by atoms with Crippen LogP contribution < -0.4 is 0 Å². The highest BCUT2D eigenvalue weighted by Gasteiger charge is 2.17. The van der Waals surface area contributed by atoms with Crippen molar-refractivity contribution in [3.8, 4) is 0 Å². The topological polar surface area (TPSA) is 69.2 Å². The number of ketones is 1. The number of esters is 1. The van der Waals surface area contributed by atoms with Crippen LogP contribution in [0.4, 0.5) is 0 Å². The number of benzene rings is 1. The van der Waals surface area contributed by atoms with E-state index in [4.69, 9.17) is 16.3 Å². The molecule has 3 rings (SSSR count). The van der Waals surface area contributed by atoms with Crippen molar-refractivity contribution >= 4 is 45.6 Å². The molecule has 0 aliphatic heterocycles. The van der Waals surface area contributed by atoms with Gasteiger partial charge < -0.3 is 4.74 Å². The third-order valence-electron chi connectivity index (χ3n) is 2.99. The molecule has 0 saturated carbocycles. The Morgan fingerprint density at radius 1 is 1.23 bits per heavy atom. The summed E-state index contributed by atoms with van der Waals surface area (Å²) in [5.74, 6) is -0.968. The molecule has 0 radical (unpaired) electrons. The lowest BCUT2D eigenvalue weighted by Crippen LogP contribution is -2.15. The smallest absolute Gasteiger partial charge is 0.340 e. The molecule has 22 heavy (non-hydrogen) atoms. The van der Waals surface area contributed by atoms with E-state index in [2.05, 4.69) is 9.97 Å². The molecule has 2 heterocycles. The summed E-state index contributed by atoms with van der Waals surface area (Å²) in [5.41, 5.74) is 2.55. The van der Waals surface area contributed by atoms with E-state index in [1.165, 1.54) is 17.4 Å². The number of rotatable bonds is 4. The Morgan fingerprint density at radius 2 is 2.09 bits per heavy atom. The van der Waals surface area contributed by atoms with Crippen molar-refractivity contribution < 1.29 is 14.3 Å². The molecular weight excluding hydrogens is 324 g/mol. The van der Waals surface area contributed by atoms with Crippen molar-refractivity contribution in [2.75, 3.05) is 6.61 Å². The third kappa shape index (κ3) is 2.84. The second-order valence-electron chi connectivity index (χ2n) is 4.37. The summed E-state index contributed by atoms with van der Waals surface area (Å²) in [6.07, 6.45) is 1.57. The van der Waals surface area contributed by atoms with Crippen LogP contribution in [0.3, 0.4) is 0 Å². The van der Waals surface area contributed by atoms with Crippen molar-refractivity contribution in [1.29, 1.82) is 0 Å². The first-order valence-corrected chi connectivity index (χ1v) is 7.60. The number of ether oxygens (including phenoxy) is 1. The number of halogens is 1. The van der Waals surface area contributed by atoms with E-state index >= 15 is 0 Å². The van der Waals surface area contributed by atoms with Gasteiger partial charge in [0, 0.05) is 17.0 Å². The maximum absolute atomic E-state index is 12.2. The number of nitrogens with zero attached hydrogens (tertiary/aromatic N) is 2. The average Bonchev–Trinajstić information content (AvgIpc) is 3.07. The molecular formula is C15H9ClN2O3S. The minimum absolute atomic E-state index is 0.270. The summed E-state index contributed by atoms with van der Waals surface area (Å²) < 4.78 is 5.05. The molecule has 0 aliphatic carbocycles. The largest absolute Gasteiger partial charge is 0.454 e. The van der Waals surface area contributed by atoms with E-state index in [0.717, 1.165) is 0 Å². The number of thiazole rings is 1. The van der Waals surface area contributed by atoms with E-state index < -0.39 is 5.97 Å². The molecule has 0 saturated heterocycles. The number of hydrogen-bond donors (Lipinski definition) is 0. The van der Waals surface area contributed by atoms with Crippen molar-refractivity contribution in [3.63, 3.8) is 0 Å². The van der Waals surface area contributed by atoms with Gasteiger partial charge in [0.2, 0.25) is 5.78 Å². The van der Waals surface area contributed by atoms with Crippen LogP contribution in [-0.2, 0) is 4.74 Å². The maximum Gasteiger partial charge on any atom is 0.340 e. The molecule has 1 aromatic carbocycles. The van der Waals surface area contributed by atoms with E-state index in [9.17, 15) is 9.59 Å². The number of Topliss-reactive ketones (excluding diaryl/α,β-unsaturated/α-hetero) is 1. The lowest BCUT2D eigenvalue weighted by atomic mass is 10.1. The summed E-state index contributed by atoms with van der Waals surface area (Å²) in [6, 6.07) is 6.63. The molecule has 3 aromatic rings. The third-order valence-corrected chi connectivity index (χ3v) is 3.90. The number of pyridine rings is 1. The van der Waals surface area contributed by atoms with Gasteiger partial charge in [-0.05, 0) is 24.3 Å². The Morgan fingerprint density at radius 3 is 2.86 bits per heavy atom. The Hall–Kier alpha value is -2.31. The first-order chi connectivity index (χ1) is 10.7. The maximum atomic E-state index is 12.2. The molecule has 0 unspecified atom stereocenters. The summed E-state index contributed by atoms with van der Waals surface area (Å²) in [4.78, 5) is 32.0. The molecule has 7 heteroatoms. The first kappa shape index (κ1) is 14.6. The van der Waals surface area contributed by atoms with Crippen molar-refractivity contribution in [1.82, 2.24) is 9.97 Å². The standard InChI is InChI=1S/C15H9ClN2O3S/c16-11-4-3-10(14-9(11)2-1-5-17-14)15(20)21-6-13(19)12-7-22-8-18-12/h1-5,7-8H,6H2. The van der Waals surface area contributed by atoms with E-state index in [1.54, 1.807) is 35.3 Å². The molecule has 2 aromatic heterocycles. The number of hydrogen-bond acceptors (Lipinski definition) is 6. The monoisotopic (exact) mass is 332 g/mol. The second-order valence-corrected chi connectivity index (χ2v) is 5.49. The number of fused-ring (bicyclic) bond motifs is 1. The molecule has 0 amide bonds. The predicted octanol–water partition coefficient (Wildman–Crippen LogP) is 3.38. The fraction of sp³-hybridized carbons (Fsp3) is 0.0667. The van der Waals surface area contributed by atoms with Gasteiger partial charge in [0.25, 0.3) is 0 Å². The summed E-state index contributed by atoms with van der Waals surface area (Å²) >= 11 is 7.38. The van der Waals surface area contributed by atoms with Gasteiger partial charge in [-0.3, -0.25) is 9.78 Å². The fourth-order valence-electron chi connectivity index (χ4n) is 1.94. The molecule has 0 N–H and O–H groups in total. The Kier molecular flexibility index (Phi) is 4.13. The minimum atomic E-state index is -0.621. The normalized spacial score (nSPS) is 10.6. The van der Waals surface area contributed by atoms with Gasteiger partial charge in [-0.25, -0.2) is 9.78 Å². The van der Waals surface area contributed by atoms with Gasteiger partial charge in [-0.15, -0.1) is 11.3 Å². The fourth-order valence-corrected chi connectivity index (χ4v) is 2.71. The molecule has 0 aliphatic rings. The van der Waals surface area contributed by atoms with Crippen LogP contribution in [-0.4, -0.2) is 28.3 Å². The van der Waals surface area contributed by atoms with Gasteiger partial charge in [0.1, 0.15) is 5.69 Å². The van der Waals surface area contributed by atoms with Crippen molar-refractivity contribution in [2.24, 2.45) is 0 Å². The average molecular weight is 333 g/mol. The number of carbonyl (C=O) groups excluding carboxylic acids is 2. The molecule has 0 atom stereocenters. The Bertz CT molecular complexity index is 849. The van der Waals surface area contributed by atoms with E-state index in [-0.39, 0.29) is 23.6 Å². The van der Waals surface area contributed by atoms with Crippen LogP contribution in [0.1, 0.15) is 20.8 Å². The van der Waals surface area contributed by atoms with Crippen molar-refractivity contribution in [2.45, 2.75) is 0 Å².